The van der Waals surface area contributed by atoms with Gasteiger partial charge in [0, 0.05) is 40.8 Å². The van der Waals surface area contributed by atoms with E-state index >= 15 is 0 Å². The fourth-order valence-corrected chi connectivity index (χ4v) is 6.95. The minimum Gasteiger partial charge on any atom is -0.458 e. The minimum absolute atomic E-state index is 0.0925. The van der Waals surface area contributed by atoms with Crippen LogP contribution in [-0.2, 0) is 18.2 Å². The predicted molar refractivity (Wildman–Crippen MR) is 216 cm³/mol. The third-order valence-electron chi connectivity index (χ3n) is 9.34. The van der Waals surface area contributed by atoms with Gasteiger partial charge in [0.2, 0.25) is 0 Å². The smallest absolute Gasteiger partial charge is 0.271 e. The van der Waals surface area contributed by atoms with Crippen molar-refractivity contribution in [2.75, 3.05) is 0 Å². The molecule has 0 radical (unpaired) electrons. The zero-order valence-electron chi connectivity index (χ0n) is 35.3. The van der Waals surface area contributed by atoms with Crippen LogP contribution in [0.25, 0.3) is 50.2 Å². The fourth-order valence-electron chi connectivity index (χ4n) is 6.95. The lowest BCUT2D eigenvalue weighted by Crippen LogP contribution is -2.30. The first kappa shape index (κ1) is 29.8. The lowest BCUT2D eigenvalue weighted by atomic mass is 9.87. The Bertz CT molecular complexity index is 2790. The van der Waals surface area contributed by atoms with Gasteiger partial charge < -0.3 is 4.74 Å². The van der Waals surface area contributed by atoms with Gasteiger partial charge in [-0.25, -0.2) is 4.98 Å². The van der Waals surface area contributed by atoms with E-state index < -0.39 is 12.7 Å². The maximum Gasteiger partial charge on any atom is 0.271 e. The van der Waals surface area contributed by atoms with Gasteiger partial charge in [0.15, 0.2) is 5.82 Å². The molecule has 0 unspecified atom stereocenters. The van der Waals surface area contributed by atoms with Crippen LogP contribution in [0.4, 0.5) is 0 Å². The second kappa shape index (κ2) is 13.7. The zero-order chi connectivity index (χ0) is 40.4. The summed E-state index contributed by atoms with van der Waals surface area (Å²) in [5.41, 5.74) is 6.77. The minimum atomic E-state index is -1.52. The highest BCUT2D eigenvalue weighted by Crippen LogP contribution is 2.35. The summed E-state index contributed by atoms with van der Waals surface area (Å²) >= 11 is 0. The lowest BCUT2D eigenvalue weighted by Gasteiger charge is -2.19. The summed E-state index contributed by atoms with van der Waals surface area (Å²) < 4.78 is 47.7. The van der Waals surface area contributed by atoms with E-state index in [0.717, 1.165) is 38.5 Å². The third-order valence-corrected chi connectivity index (χ3v) is 9.34. The molecule has 0 aliphatic rings. The number of fused-ring (bicyclic) bond motifs is 4. The van der Waals surface area contributed by atoms with Gasteiger partial charge in [-0.3, -0.25) is 18.7 Å². The van der Waals surface area contributed by atoms with Crippen molar-refractivity contribution in [2.24, 2.45) is 11.8 Å². The number of hydrogen-bond acceptors (Lipinski definition) is 3. The van der Waals surface area contributed by atoms with Gasteiger partial charge in [-0.15, -0.1) is 0 Å². The van der Waals surface area contributed by atoms with Crippen LogP contribution in [0, 0.1) is 18.2 Å². The fraction of sp³-hybridized carbons (Fsp3) is 0.255. The molecule has 0 N–H and O–H groups in total. The average Bonchev–Trinajstić information content (AvgIpc) is 3.73. The first-order valence-corrected chi connectivity index (χ1v) is 18.3. The molecule has 0 aliphatic heterocycles. The van der Waals surface area contributed by atoms with E-state index in [1.54, 1.807) is 18.5 Å². The van der Waals surface area contributed by atoms with Gasteiger partial charge in [0.05, 0.1) is 27.8 Å². The Morgan fingerprint density at radius 1 is 0.679 bits per heavy atom. The summed E-state index contributed by atoms with van der Waals surface area (Å²) in [7, 11) is 0. The Hall–Kier alpha value is -5.75. The summed E-state index contributed by atoms with van der Waals surface area (Å²) in [5, 5.41) is 2.10. The van der Waals surface area contributed by atoms with Crippen molar-refractivity contribution in [3.8, 4) is 28.8 Å². The van der Waals surface area contributed by atoms with Crippen LogP contribution >= 0.6 is 0 Å². The Morgan fingerprint density at radius 3 is 2.19 bits per heavy atom. The Morgan fingerprint density at radius 2 is 1.40 bits per heavy atom. The van der Waals surface area contributed by atoms with Crippen LogP contribution in [0.5, 0.6) is 11.5 Å². The van der Waals surface area contributed by atoms with Crippen LogP contribution in [0.15, 0.2) is 122 Å². The molecule has 6 heteroatoms. The Kier molecular flexibility index (Phi) is 7.68. The van der Waals surface area contributed by atoms with E-state index in [0.29, 0.717) is 34.3 Å². The molecule has 0 saturated carbocycles. The average molecular weight is 702 g/mol. The number of imidazole rings is 1. The summed E-state index contributed by atoms with van der Waals surface area (Å²) in [6.07, 6.45) is 3.93. The third kappa shape index (κ3) is 6.82. The van der Waals surface area contributed by atoms with Crippen molar-refractivity contribution in [3.63, 3.8) is 0 Å². The number of para-hydroxylation sites is 1. The van der Waals surface area contributed by atoms with Gasteiger partial charge >= 0.3 is 0 Å². The van der Waals surface area contributed by atoms with Crippen molar-refractivity contribution < 1.29 is 14.8 Å². The maximum absolute atomic E-state index is 8.79. The summed E-state index contributed by atoms with van der Waals surface area (Å²) in [6.45, 7) is 14.2. The lowest BCUT2D eigenvalue weighted by molar-refractivity contribution is -0.572. The van der Waals surface area contributed by atoms with Gasteiger partial charge in [0.25, 0.3) is 6.33 Å². The van der Waals surface area contributed by atoms with Crippen LogP contribution < -0.4 is 9.30 Å². The highest BCUT2D eigenvalue weighted by molar-refractivity contribution is 6.09. The van der Waals surface area contributed by atoms with Crippen LogP contribution in [0.3, 0.4) is 0 Å². The highest BCUT2D eigenvalue weighted by Gasteiger charge is 2.20. The van der Waals surface area contributed by atoms with Gasteiger partial charge in [-0.1, -0.05) is 96.5 Å². The number of hydrogen-bond donors (Lipinski definition) is 0. The summed E-state index contributed by atoms with van der Waals surface area (Å²) in [4.78, 5) is 9.49. The molecule has 4 aromatic heterocycles. The maximum atomic E-state index is 8.79. The zero-order valence-corrected chi connectivity index (χ0v) is 31.3. The van der Waals surface area contributed by atoms with Crippen LogP contribution in [0.2, 0.25) is 0 Å². The largest absolute Gasteiger partial charge is 0.458 e. The van der Waals surface area contributed by atoms with E-state index in [-0.39, 0.29) is 17.3 Å². The number of ether oxygens (including phenoxy) is 1. The van der Waals surface area contributed by atoms with E-state index in [4.69, 9.17) is 20.2 Å². The van der Waals surface area contributed by atoms with Crippen molar-refractivity contribution in [1.82, 2.24) is 19.1 Å². The van der Waals surface area contributed by atoms with E-state index in [2.05, 4.69) is 68.1 Å². The van der Waals surface area contributed by atoms with E-state index in [1.165, 1.54) is 5.56 Å². The molecule has 0 amide bonds. The molecule has 0 bridgehead atoms. The van der Waals surface area contributed by atoms with Gasteiger partial charge in [-0.05, 0) is 95.7 Å². The molecule has 53 heavy (non-hydrogen) atoms. The molecule has 0 fully saturated rings. The molecule has 6 nitrogen and oxygen atoms in total. The van der Waals surface area contributed by atoms with Crippen molar-refractivity contribution in [2.45, 2.75) is 66.6 Å². The Balaban J connectivity index is 1.21. The molecular formula is C47H47N5O. The number of pyridine rings is 2. The van der Waals surface area contributed by atoms with Crippen LogP contribution in [-0.4, -0.2) is 19.1 Å². The van der Waals surface area contributed by atoms with Crippen molar-refractivity contribution in [3.05, 3.63) is 145 Å². The number of aromatic nitrogens is 5. The SMILES string of the molecule is [2H]C([2H])(c1cccc(-[n+]2[c-]n(-c3cc(Oc4ccc5c6ccccc6n(-c6cc(C([2H])([2H])C(C)C)ccn6)c5c4)ccn3)c3ccc(C(C)(C)C)cc32)c1)C(C)C. The molecule has 0 aliphatic carbocycles. The van der Waals surface area contributed by atoms with Gasteiger partial charge in [-0.2, -0.15) is 0 Å². The molecule has 8 aromatic rings. The molecule has 4 heterocycles. The normalized spacial score (nSPS) is 13.8. The number of rotatable bonds is 9. The van der Waals surface area contributed by atoms with Crippen LogP contribution in [0.1, 0.15) is 70.6 Å². The highest BCUT2D eigenvalue weighted by atomic mass is 16.5. The topological polar surface area (TPSA) is 48.8 Å². The predicted octanol–water partition coefficient (Wildman–Crippen LogP) is 11.1. The Labute approximate surface area is 318 Å². The first-order chi connectivity index (χ1) is 27.0. The molecule has 0 atom stereocenters. The van der Waals surface area contributed by atoms with Crippen molar-refractivity contribution in [1.29, 1.82) is 0 Å². The van der Waals surface area contributed by atoms with Gasteiger partial charge in [0.1, 0.15) is 17.3 Å². The molecule has 266 valence electrons. The molecule has 0 saturated heterocycles. The molecule has 8 rings (SSSR count). The van der Waals surface area contributed by atoms with E-state index in [1.807, 2.05) is 104 Å². The molecule has 0 spiro atoms. The van der Waals surface area contributed by atoms with Crippen molar-refractivity contribution >= 4 is 32.8 Å². The monoisotopic (exact) mass is 701 g/mol. The molecular weight excluding hydrogens is 651 g/mol. The van der Waals surface area contributed by atoms with E-state index in [9.17, 15) is 0 Å². The second-order valence-electron chi connectivity index (χ2n) is 15.3. The number of nitrogens with zero attached hydrogens (tertiary/aromatic N) is 5. The molecule has 4 aromatic carbocycles. The second-order valence-corrected chi connectivity index (χ2v) is 15.3. The summed E-state index contributed by atoms with van der Waals surface area (Å²) in [5.74, 6) is 2.06. The summed E-state index contributed by atoms with van der Waals surface area (Å²) in [6, 6.07) is 35.6. The number of benzene rings is 4. The first-order valence-electron chi connectivity index (χ1n) is 20.3. The quantitative estimate of drug-likeness (QED) is 0.111. The standard InChI is InChI=1S/C47H47N5O/c1-31(2)23-33-11-10-12-36(25-33)50-30-51(42-18-15-35(27-44(42)50)47(5,6)7)45-29-38(20-22-48-45)53-37-16-17-40-39-13-8-9-14-41(39)52(43(40)28-37)46-26-34(19-21-49-46)24-32(3)4/h8-22,25-29,31-32H,23-24H2,1-7H3/i23D2,24D2.